The van der Waals surface area contributed by atoms with Crippen LogP contribution in [0.4, 0.5) is 19.0 Å². The minimum Gasteiger partial charge on any atom is -0.508 e. The molecule has 0 aliphatic carbocycles. The average Bonchev–Trinajstić information content (AvgIpc) is 3.86. The molecule has 4 fully saturated rings. The zero-order valence-corrected chi connectivity index (χ0v) is 33.7. The number of phenolic OH excluding ortho intramolecular Hbond substituents is 1. The first kappa shape index (κ1) is 39.7. The van der Waals surface area contributed by atoms with Crippen LogP contribution in [0, 0.1) is 24.0 Å². The number of anilines is 1. The highest BCUT2D eigenvalue weighted by Gasteiger charge is 2.52. The Morgan fingerprint density at radius 1 is 1.05 bits per heavy atom. The van der Waals surface area contributed by atoms with Crippen LogP contribution in [0.15, 0.2) is 60.8 Å². The van der Waals surface area contributed by atoms with Crippen molar-refractivity contribution in [3.8, 4) is 35.4 Å². The second kappa shape index (κ2) is 16.0. The molecule has 3 aromatic carbocycles. The van der Waals surface area contributed by atoms with Gasteiger partial charge in [-0.2, -0.15) is 14.6 Å². The monoisotopic (exact) mass is 826 g/mol. The number of hydrogen-bond acceptors (Lipinski definition) is 10. The predicted octanol–water partition coefficient (Wildman–Crippen LogP) is 8.21. The van der Waals surface area contributed by atoms with Gasteiger partial charge < -0.3 is 14.7 Å². The van der Waals surface area contributed by atoms with Crippen LogP contribution in [0.3, 0.4) is 0 Å². The van der Waals surface area contributed by atoms with Crippen LogP contribution in [0.2, 0.25) is 0 Å². The number of aromatic hydroxyl groups is 1. The molecule has 1 N–H and O–H groups in total. The lowest BCUT2D eigenvalue weighted by Gasteiger charge is -2.43. The van der Waals surface area contributed by atoms with E-state index in [9.17, 15) is 14.1 Å². The van der Waals surface area contributed by atoms with E-state index in [1.807, 2.05) is 27.8 Å². The highest BCUT2D eigenvalue weighted by atomic mass is 31.2. The summed E-state index contributed by atoms with van der Waals surface area (Å²) in [5.41, 5.74) is 0.370. The van der Waals surface area contributed by atoms with Crippen LogP contribution < -0.4 is 9.64 Å². The van der Waals surface area contributed by atoms with E-state index in [0.717, 1.165) is 38.6 Å². The number of rotatable bonds is 13. The van der Waals surface area contributed by atoms with Crippen molar-refractivity contribution in [1.29, 1.82) is 0 Å². The number of phenols is 1. The average molecular weight is 827 g/mol. The molecule has 308 valence electrons. The summed E-state index contributed by atoms with van der Waals surface area (Å²) < 4.78 is 81.9. The Hall–Kier alpha value is -4.77. The molecule has 2 aromatic heterocycles. The highest BCUT2D eigenvalue weighted by molar-refractivity contribution is 7.51. The number of terminal acetylenes is 1. The van der Waals surface area contributed by atoms with Crippen LogP contribution >= 0.6 is 7.75 Å². The Bertz CT molecular complexity index is 2480. The zero-order valence-electron chi connectivity index (χ0n) is 32.8. The van der Waals surface area contributed by atoms with Gasteiger partial charge in [0.15, 0.2) is 5.82 Å². The fourth-order valence-corrected chi connectivity index (χ4v) is 12.0. The number of halogens is 3. The Labute approximate surface area is 341 Å². The number of aryl methyl sites for hydroxylation is 1. The second-order valence-electron chi connectivity index (χ2n) is 16.0. The molecule has 9 rings (SSSR count). The van der Waals surface area contributed by atoms with E-state index in [2.05, 4.69) is 32.9 Å². The molecule has 4 saturated heterocycles. The van der Waals surface area contributed by atoms with Gasteiger partial charge in [-0.05, 0) is 81.1 Å². The lowest BCUT2D eigenvalue weighted by atomic mass is 9.95. The van der Waals surface area contributed by atoms with Crippen molar-refractivity contribution in [3.05, 3.63) is 83.6 Å². The summed E-state index contributed by atoms with van der Waals surface area (Å²) in [7, 11) is -3.68. The van der Waals surface area contributed by atoms with E-state index in [0.29, 0.717) is 49.1 Å². The van der Waals surface area contributed by atoms with E-state index >= 15 is 8.78 Å². The van der Waals surface area contributed by atoms with Crippen molar-refractivity contribution in [2.45, 2.75) is 75.7 Å². The van der Waals surface area contributed by atoms with E-state index in [4.69, 9.17) is 25.2 Å². The Kier molecular flexibility index (Phi) is 10.8. The van der Waals surface area contributed by atoms with Gasteiger partial charge in [-0.15, -0.1) is 6.42 Å². The number of fused-ring (bicyclic) bond motifs is 5. The molecule has 2 bridgehead atoms. The maximum absolute atomic E-state index is 17.2. The summed E-state index contributed by atoms with van der Waals surface area (Å²) in [5.74, 6) is 1.06. The number of pyridine rings is 1. The van der Waals surface area contributed by atoms with Gasteiger partial charge in [-0.1, -0.05) is 42.3 Å². The largest absolute Gasteiger partial charge is 0.508 e. The fraction of sp³-hybridized carbons (Fsp3) is 0.432. The van der Waals surface area contributed by atoms with Crippen molar-refractivity contribution < 1.29 is 36.6 Å². The summed E-state index contributed by atoms with van der Waals surface area (Å²) in [5, 5.41) is 11.6. The van der Waals surface area contributed by atoms with Gasteiger partial charge in [-0.25, -0.2) is 17.7 Å². The third-order valence-corrected chi connectivity index (χ3v) is 14.7. The molecule has 11 nitrogen and oxygen atoms in total. The summed E-state index contributed by atoms with van der Waals surface area (Å²) >= 11 is 0. The number of hydrogen-bond donors (Lipinski definition) is 1. The number of piperazine rings is 1. The van der Waals surface area contributed by atoms with Crippen LogP contribution in [0.1, 0.15) is 56.6 Å². The summed E-state index contributed by atoms with van der Waals surface area (Å²) in [4.78, 5) is 18.2. The minimum atomic E-state index is -3.68. The number of alkyl halides is 1. The highest BCUT2D eigenvalue weighted by Crippen LogP contribution is 2.59. The number of ether oxygens (including phenoxy) is 1. The minimum absolute atomic E-state index is 0.0836. The lowest BCUT2D eigenvalue weighted by Crippen LogP contribution is -2.53. The third kappa shape index (κ3) is 7.31. The number of nitrogens with zero attached hydrogens (tertiary/aromatic N) is 6. The van der Waals surface area contributed by atoms with Crippen LogP contribution in [0.25, 0.3) is 32.9 Å². The van der Waals surface area contributed by atoms with Crippen molar-refractivity contribution >= 4 is 35.2 Å². The van der Waals surface area contributed by atoms with Crippen molar-refractivity contribution in [2.75, 3.05) is 50.9 Å². The second-order valence-corrected chi connectivity index (χ2v) is 17.9. The molecule has 15 heteroatoms. The molecule has 59 heavy (non-hydrogen) atoms. The molecule has 0 spiro atoms. The number of aromatic nitrogens is 3. The predicted molar refractivity (Wildman–Crippen MR) is 219 cm³/mol. The molecule has 0 saturated carbocycles. The Morgan fingerprint density at radius 3 is 2.61 bits per heavy atom. The zero-order chi connectivity index (χ0) is 40.9. The molecule has 6 heterocycles. The first-order chi connectivity index (χ1) is 28.6. The maximum Gasteiger partial charge on any atom is 0.408 e. The normalized spacial score (nSPS) is 24.1. The summed E-state index contributed by atoms with van der Waals surface area (Å²) in [6, 6.07) is 14.9. The smallest absolute Gasteiger partial charge is 0.408 e. The molecule has 3 unspecified atom stereocenters. The van der Waals surface area contributed by atoms with Gasteiger partial charge in [0.1, 0.15) is 41.4 Å². The topological polar surface area (TPSA) is 113 Å². The number of benzene rings is 3. The molecule has 5 atom stereocenters. The van der Waals surface area contributed by atoms with E-state index in [1.54, 1.807) is 6.92 Å². The van der Waals surface area contributed by atoms with Gasteiger partial charge in [0.25, 0.3) is 0 Å². The van der Waals surface area contributed by atoms with Crippen molar-refractivity contribution in [2.24, 2.45) is 0 Å². The lowest BCUT2D eigenvalue weighted by molar-refractivity contribution is 0.107. The molecule has 4 aliphatic rings. The SMILES string of the molecule is C#Cc1c(F)ccc2cc(O)cc(-c3ncc4c(N5CC6CCC(C5)N6P(=O)(OCC)OCCCc5ccccc5)nc(OC[C@@]56CCCN5C[C@H](F)C6)nc4c3F)c12. The first-order valence-corrected chi connectivity index (χ1v) is 21.9. The van der Waals surface area contributed by atoms with E-state index < -0.39 is 31.1 Å². The standard InChI is InChI=1S/C44H46F3N6O5P/c1-3-34-37(46)16-13-29-20-33(54)21-35(38(29)34)40-39(47)41-36(23-48-40)42(50-43(49-41)56-27-44-17-9-18-52(44)24-30(45)22-44)51-25-31-14-15-32(26-51)53(31)59(55,57-4-2)58-19-8-12-28-10-6-5-7-11-28/h1,5-7,10-11,13,16,20-21,23,30-32,54H,4,8-9,12,14-15,17-19,22,24-27H2,2H3/t30-,31?,32?,44+,59?/m1/s1. The maximum atomic E-state index is 17.2. The molecular formula is C44H46F3N6O5P. The third-order valence-electron chi connectivity index (χ3n) is 12.4. The summed E-state index contributed by atoms with van der Waals surface area (Å²) in [6.45, 7) is 4.26. The quantitative estimate of drug-likeness (QED) is 0.0704. The molecule has 5 aromatic rings. The van der Waals surface area contributed by atoms with E-state index in [1.165, 1.54) is 36.0 Å². The van der Waals surface area contributed by atoms with Gasteiger partial charge in [0, 0.05) is 55.3 Å². The fourth-order valence-electron chi connectivity index (χ4n) is 9.80. The Balaban J connectivity index is 1.07. The van der Waals surface area contributed by atoms with Gasteiger partial charge in [0.2, 0.25) is 0 Å². The first-order valence-electron chi connectivity index (χ1n) is 20.4. The van der Waals surface area contributed by atoms with E-state index in [-0.39, 0.29) is 71.4 Å². The summed E-state index contributed by atoms with van der Waals surface area (Å²) in [6.07, 6.45) is 11.2. The molecule has 0 radical (unpaired) electrons. The van der Waals surface area contributed by atoms with Crippen LogP contribution in [-0.4, -0.2) is 99.4 Å². The van der Waals surface area contributed by atoms with Crippen LogP contribution in [-0.2, 0) is 20.0 Å². The Morgan fingerprint density at radius 2 is 1.85 bits per heavy atom. The van der Waals surface area contributed by atoms with Crippen molar-refractivity contribution in [1.82, 2.24) is 24.5 Å². The van der Waals surface area contributed by atoms with Crippen molar-refractivity contribution in [3.63, 3.8) is 0 Å². The van der Waals surface area contributed by atoms with Crippen LogP contribution in [0.5, 0.6) is 11.8 Å². The molecular weight excluding hydrogens is 780 g/mol. The van der Waals surface area contributed by atoms with Gasteiger partial charge >= 0.3 is 13.8 Å². The van der Waals surface area contributed by atoms with Gasteiger partial charge in [0.05, 0.1) is 29.7 Å². The van der Waals surface area contributed by atoms with Gasteiger partial charge in [-0.3, -0.25) is 18.9 Å². The molecule has 0 amide bonds. The molecule has 4 aliphatic heterocycles.